The smallest absolute Gasteiger partial charge is 0.254 e. The summed E-state index contributed by atoms with van der Waals surface area (Å²) in [6.07, 6.45) is 6.84. The van der Waals surface area contributed by atoms with Crippen molar-refractivity contribution in [1.29, 1.82) is 0 Å². The number of carbonyl (C=O) groups is 1. The molecule has 1 N–H and O–H groups in total. The van der Waals surface area contributed by atoms with Crippen molar-refractivity contribution in [2.24, 2.45) is 0 Å². The molecule has 1 fully saturated rings. The fourth-order valence-electron chi connectivity index (χ4n) is 2.60. The van der Waals surface area contributed by atoms with Crippen molar-refractivity contribution in [3.05, 3.63) is 42.6 Å². The monoisotopic (exact) mass is 285 g/mol. The van der Waals surface area contributed by atoms with Gasteiger partial charge < -0.3 is 10.2 Å². The minimum absolute atomic E-state index is 0.0552. The van der Waals surface area contributed by atoms with Crippen LogP contribution in [0.1, 0.15) is 24.2 Å². The van der Waals surface area contributed by atoms with Crippen LogP contribution in [-0.4, -0.2) is 50.5 Å². The van der Waals surface area contributed by atoms with Crippen molar-refractivity contribution in [1.82, 2.24) is 24.8 Å². The Kier molecular flexibility index (Phi) is 3.70. The molecule has 1 saturated heterocycles. The Balaban J connectivity index is 1.86. The molecule has 3 heterocycles. The van der Waals surface area contributed by atoms with Gasteiger partial charge >= 0.3 is 0 Å². The van der Waals surface area contributed by atoms with Crippen LogP contribution in [0.15, 0.2) is 37.1 Å². The zero-order valence-electron chi connectivity index (χ0n) is 12.2. The topological polar surface area (TPSA) is 63.1 Å². The van der Waals surface area contributed by atoms with Crippen LogP contribution >= 0.6 is 0 Å². The highest BCUT2D eigenvalue weighted by molar-refractivity contribution is 5.94. The number of hydrogen-bond acceptors (Lipinski definition) is 4. The molecular formula is C15H19N5O. The van der Waals surface area contributed by atoms with Gasteiger partial charge in [-0.3, -0.25) is 9.36 Å². The minimum Gasteiger partial charge on any atom is -0.333 e. The number of piperazine rings is 1. The van der Waals surface area contributed by atoms with Crippen LogP contribution in [-0.2, 0) is 0 Å². The lowest BCUT2D eigenvalue weighted by Gasteiger charge is -2.38. The van der Waals surface area contributed by atoms with Crippen LogP contribution in [0.2, 0.25) is 0 Å². The molecule has 0 aliphatic carbocycles. The van der Waals surface area contributed by atoms with Gasteiger partial charge in [0, 0.05) is 49.3 Å². The first kappa shape index (κ1) is 13.8. The zero-order chi connectivity index (χ0) is 14.8. The third kappa shape index (κ3) is 2.67. The molecule has 0 saturated carbocycles. The Labute approximate surface area is 123 Å². The summed E-state index contributed by atoms with van der Waals surface area (Å²) in [5.74, 6) is 0.758. The quantitative estimate of drug-likeness (QED) is 0.897. The summed E-state index contributed by atoms with van der Waals surface area (Å²) < 4.78 is 1.79. The first-order chi connectivity index (χ1) is 10.2. The summed E-state index contributed by atoms with van der Waals surface area (Å²) in [5.41, 5.74) is 0.662. The number of nitrogens with one attached hydrogen (secondary N) is 1. The van der Waals surface area contributed by atoms with E-state index in [1.165, 1.54) is 0 Å². The van der Waals surface area contributed by atoms with Gasteiger partial charge in [0.15, 0.2) is 0 Å². The number of hydrogen-bond donors (Lipinski definition) is 1. The number of pyridine rings is 1. The van der Waals surface area contributed by atoms with E-state index in [9.17, 15) is 4.79 Å². The summed E-state index contributed by atoms with van der Waals surface area (Å²) in [7, 11) is 0. The largest absolute Gasteiger partial charge is 0.333 e. The summed E-state index contributed by atoms with van der Waals surface area (Å²) in [6.45, 7) is 5.74. The van der Waals surface area contributed by atoms with E-state index in [-0.39, 0.29) is 11.9 Å². The molecule has 1 aliphatic heterocycles. The standard InChI is InChI=1S/C15H19N5O/c1-11-12(2)20(8-6-17-11)15(21)13-3-4-18-14(9-13)19-7-5-16-10-19/h3-5,7,9-12,17H,6,8H2,1-2H3. The minimum atomic E-state index is 0.0552. The van der Waals surface area contributed by atoms with Crippen LogP contribution in [0.3, 0.4) is 0 Å². The van der Waals surface area contributed by atoms with E-state index in [0.29, 0.717) is 17.4 Å². The Morgan fingerprint density at radius 1 is 1.38 bits per heavy atom. The highest BCUT2D eigenvalue weighted by Crippen LogP contribution is 2.15. The average molecular weight is 285 g/mol. The van der Waals surface area contributed by atoms with Gasteiger partial charge in [0.05, 0.1) is 0 Å². The third-order valence-corrected chi connectivity index (χ3v) is 4.06. The van der Waals surface area contributed by atoms with Crippen molar-refractivity contribution in [3.8, 4) is 5.82 Å². The van der Waals surface area contributed by atoms with E-state index in [2.05, 4.69) is 29.1 Å². The van der Waals surface area contributed by atoms with E-state index in [1.807, 2.05) is 17.2 Å². The van der Waals surface area contributed by atoms with Crippen molar-refractivity contribution >= 4 is 5.91 Å². The summed E-state index contributed by atoms with van der Waals surface area (Å²) >= 11 is 0. The van der Waals surface area contributed by atoms with Crippen LogP contribution in [0.4, 0.5) is 0 Å². The van der Waals surface area contributed by atoms with Crippen LogP contribution in [0.5, 0.6) is 0 Å². The average Bonchev–Trinajstić information content (AvgIpc) is 3.04. The van der Waals surface area contributed by atoms with Crippen molar-refractivity contribution in [3.63, 3.8) is 0 Å². The van der Waals surface area contributed by atoms with E-state index in [0.717, 1.165) is 13.1 Å². The Morgan fingerprint density at radius 2 is 2.24 bits per heavy atom. The lowest BCUT2D eigenvalue weighted by molar-refractivity contribution is 0.0603. The molecule has 1 aliphatic rings. The molecule has 0 aromatic carbocycles. The molecule has 0 radical (unpaired) electrons. The molecule has 2 atom stereocenters. The van der Waals surface area contributed by atoms with Gasteiger partial charge in [0.25, 0.3) is 5.91 Å². The fraction of sp³-hybridized carbons (Fsp3) is 0.400. The molecule has 0 bridgehead atoms. The van der Waals surface area contributed by atoms with Crippen LogP contribution in [0.25, 0.3) is 5.82 Å². The Morgan fingerprint density at radius 3 is 3.00 bits per heavy atom. The van der Waals surface area contributed by atoms with E-state index in [4.69, 9.17) is 0 Å². The first-order valence-electron chi connectivity index (χ1n) is 7.15. The fourth-order valence-corrected chi connectivity index (χ4v) is 2.60. The van der Waals surface area contributed by atoms with Gasteiger partial charge in [0.1, 0.15) is 12.1 Å². The van der Waals surface area contributed by atoms with Crippen LogP contribution < -0.4 is 5.32 Å². The molecule has 2 aromatic rings. The van der Waals surface area contributed by atoms with Gasteiger partial charge in [-0.05, 0) is 26.0 Å². The molecule has 3 rings (SSSR count). The highest BCUT2D eigenvalue weighted by atomic mass is 16.2. The number of aromatic nitrogens is 3. The van der Waals surface area contributed by atoms with Gasteiger partial charge in [-0.1, -0.05) is 0 Å². The predicted molar refractivity (Wildman–Crippen MR) is 79.3 cm³/mol. The molecule has 110 valence electrons. The van der Waals surface area contributed by atoms with Gasteiger partial charge in [-0.25, -0.2) is 9.97 Å². The second-order valence-electron chi connectivity index (χ2n) is 5.35. The Bertz CT molecular complexity index is 625. The summed E-state index contributed by atoms with van der Waals surface area (Å²) in [6, 6.07) is 4.06. The van der Waals surface area contributed by atoms with E-state index >= 15 is 0 Å². The van der Waals surface area contributed by atoms with E-state index in [1.54, 1.807) is 29.4 Å². The second-order valence-corrected chi connectivity index (χ2v) is 5.35. The number of rotatable bonds is 2. The molecule has 0 spiro atoms. The molecule has 1 amide bonds. The van der Waals surface area contributed by atoms with Crippen molar-refractivity contribution in [2.75, 3.05) is 13.1 Å². The summed E-state index contributed by atoms with van der Waals surface area (Å²) in [5, 5.41) is 3.38. The van der Waals surface area contributed by atoms with Gasteiger partial charge in [-0.15, -0.1) is 0 Å². The number of imidazole rings is 1. The Hall–Kier alpha value is -2.21. The number of carbonyl (C=O) groups excluding carboxylic acids is 1. The van der Waals surface area contributed by atoms with Crippen molar-refractivity contribution < 1.29 is 4.79 Å². The molecule has 2 aromatic heterocycles. The maximum atomic E-state index is 12.7. The van der Waals surface area contributed by atoms with Gasteiger partial charge in [-0.2, -0.15) is 0 Å². The van der Waals surface area contributed by atoms with Crippen LogP contribution in [0, 0.1) is 0 Å². The summed E-state index contributed by atoms with van der Waals surface area (Å²) in [4.78, 5) is 22.9. The number of nitrogens with zero attached hydrogens (tertiary/aromatic N) is 4. The molecule has 6 heteroatoms. The first-order valence-corrected chi connectivity index (χ1v) is 7.15. The lowest BCUT2D eigenvalue weighted by atomic mass is 10.1. The third-order valence-electron chi connectivity index (χ3n) is 4.06. The molecule has 6 nitrogen and oxygen atoms in total. The van der Waals surface area contributed by atoms with E-state index < -0.39 is 0 Å². The zero-order valence-corrected chi connectivity index (χ0v) is 12.2. The predicted octanol–water partition coefficient (Wildman–Crippen LogP) is 1.09. The molecular weight excluding hydrogens is 266 g/mol. The van der Waals surface area contributed by atoms with Crippen molar-refractivity contribution in [2.45, 2.75) is 25.9 Å². The van der Waals surface area contributed by atoms with Gasteiger partial charge in [0.2, 0.25) is 0 Å². The lowest BCUT2D eigenvalue weighted by Crippen LogP contribution is -2.57. The maximum Gasteiger partial charge on any atom is 0.254 e. The second kappa shape index (κ2) is 5.65. The number of amides is 1. The SMILES string of the molecule is CC1NCCN(C(=O)c2ccnc(-n3ccnc3)c2)C1C. The normalized spacial score (nSPS) is 22.3. The molecule has 21 heavy (non-hydrogen) atoms. The highest BCUT2D eigenvalue weighted by Gasteiger charge is 2.28. The molecule has 2 unspecified atom stereocenters. The maximum absolute atomic E-state index is 12.7.